The van der Waals surface area contributed by atoms with Gasteiger partial charge >= 0.3 is 6.18 Å². The molecule has 0 radical (unpaired) electrons. The molecule has 2 aromatic heterocycles. The molecule has 9 nitrogen and oxygen atoms in total. The van der Waals surface area contributed by atoms with E-state index in [0.717, 1.165) is 7.05 Å². The highest BCUT2D eigenvalue weighted by atomic mass is 79.9. The SMILES string of the molecule is CCn1ncc(NC(=O)c2nn(C)c(C(F)(F)F)c2Br)c1C(=O)N1CCOCC1. The number of hydrogen-bond donors (Lipinski definition) is 1. The van der Waals surface area contributed by atoms with Gasteiger partial charge in [-0.15, -0.1) is 0 Å². The quantitative estimate of drug-likeness (QED) is 0.726. The van der Waals surface area contributed by atoms with Crippen molar-refractivity contribution < 1.29 is 27.5 Å². The summed E-state index contributed by atoms with van der Waals surface area (Å²) in [5.41, 5.74) is -1.30. The van der Waals surface area contributed by atoms with E-state index in [9.17, 15) is 22.8 Å². The highest BCUT2D eigenvalue weighted by molar-refractivity contribution is 9.10. The Morgan fingerprint density at radius 2 is 1.97 bits per heavy atom. The van der Waals surface area contributed by atoms with Gasteiger partial charge in [0.05, 0.1) is 29.6 Å². The lowest BCUT2D eigenvalue weighted by Gasteiger charge is -2.27. The summed E-state index contributed by atoms with van der Waals surface area (Å²) in [5.74, 6) is -1.24. The minimum atomic E-state index is -4.69. The molecular weight excluding hydrogens is 461 g/mol. The molecule has 0 aromatic carbocycles. The number of amides is 2. The molecule has 1 N–H and O–H groups in total. The van der Waals surface area contributed by atoms with Crippen molar-refractivity contribution in [2.75, 3.05) is 31.6 Å². The zero-order valence-corrected chi connectivity index (χ0v) is 17.2. The summed E-state index contributed by atoms with van der Waals surface area (Å²) in [7, 11) is 1.09. The Bertz CT molecular complexity index is 933. The van der Waals surface area contributed by atoms with Crippen LogP contribution in [-0.2, 0) is 24.5 Å². The fourth-order valence-corrected chi connectivity index (χ4v) is 3.73. The third kappa shape index (κ3) is 4.15. The number of carbonyl (C=O) groups excluding carboxylic acids is 2. The lowest BCUT2D eigenvalue weighted by atomic mass is 10.2. The van der Waals surface area contributed by atoms with Crippen molar-refractivity contribution in [1.82, 2.24) is 24.5 Å². The third-order valence-corrected chi connectivity index (χ3v) is 5.11. The van der Waals surface area contributed by atoms with Crippen LogP contribution in [0.4, 0.5) is 18.9 Å². The molecule has 0 aliphatic carbocycles. The third-order valence-electron chi connectivity index (χ3n) is 4.36. The smallest absolute Gasteiger partial charge is 0.378 e. The van der Waals surface area contributed by atoms with Gasteiger partial charge in [0.25, 0.3) is 11.8 Å². The van der Waals surface area contributed by atoms with Crippen LogP contribution in [0.25, 0.3) is 0 Å². The fraction of sp³-hybridized carbons (Fsp3) is 0.500. The Kier molecular flexibility index (Phi) is 5.98. The van der Waals surface area contributed by atoms with E-state index in [2.05, 4.69) is 31.4 Å². The summed E-state index contributed by atoms with van der Waals surface area (Å²) in [5, 5.41) is 10.2. The normalized spacial score (nSPS) is 14.9. The van der Waals surface area contributed by atoms with Gasteiger partial charge in [-0.3, -0.25) is 19.0 Å². The van der Waals surface area contributed by atoms with Crippen LogP contribution in [0.3, 0.4) is 0 Å². The van der Waals surface area contributed by atoms with Gasteiger partial charge in [0.2, 0.25) is 0 Å². The minimum absolute atomic E-state index is 0.0967. The van der Waals surface area contributed by atoms with Crippen LogP contribution in [0.15, 0.2) is 10.7 Å². The number of ether oxygens (including phenoxy) is 1. The average molecular weight is 479 g/mol. The molecule has 2 aromatic rings. The number of carbonyl (C=O) groups is 2. The van der Waals surface area contributed by atoms with Crippen molar-refractivity contribution in [3.05, 3.63) is 27.8 Å². The number of aryl methyl sites for hydroxylation is 2. The fourth-order valence-electron chi connectivity index (χ4n) is 2.99. The van der Waals surface area contributed by atoms with Crippen LogP contribution in [0.2, 0.25) is 0 Å². The number of anilines is 1. The molecule has 3 rings (SSSR count). The van der Waals surface area contributed by atoms with Crippen LogP contribution in [0.1, 0.15) is 33.6 Å². The Labute approximate surface area is 171 Å². The summed E-state index contributed by atoms with van der Waals surface area (Å²) in [4.78, 5) is 27.1. The van der Waals surface area contributed by atoms with Gasteiger partial charge in [0.1, 0.15) is 5.69 Å². The van der Waals surface area contributed by atoms with Crippen molar-refractivity contribution in [2.24, 2.45) is 7.05 Å². The second kappa shape index (κ2) is 8.14. The number of nitrogens with zero attached hydrogens (tertiary/aromatic N) is 5. The number of alkyl halides is 3. The molecule has 1 fully saturated rings. The van der Waals surface area contributed by atoms with E-state index in [4.69, 9.17) is 4.74 Å². The summed E-state index contributed by atoms with van der Waals surface area (Å²) in [6.07, 6.45) is -3.40. The number of aromatic nitrogens is 4. The summed E-state index contributed by atoms with van der Waals surface area (Å²) in [6.45, 7) is 3.72. The van der Waals surface area contributed by atoms with E-state index >= 15 is 0 Å². The first-order valence-corrected chi connectivity index (χ1v) is 9.48. The van der Waals surface area contributed by atoms with Crippen molar-refractivity contribution in [3.63, 3.8) is 0 Å². The predicted molar refractivity (Wildman–Crippen MR) is 98.5 cm³/mol. The monoisotopic (exact) mass is 478 g/mol. The molecule has 3 heterocycles. The number of hydrogen-bond acceptors (Lipinski definition) is 5. The van der Waals surface area contributed by atoms with Crippen LogP contribution in [-0.4, -0.2) is 62.6 Å². The number of morpholine rings is 1. The first kappa shape index (κ1) is 21.3. The molecule has 2 amide bonds. The Balaban J connectivity index is 1.90. The molecule has 29 heavy (non-hydrogen) atoms. The predicted octanol–water partition coefficient (Wildman–Crippen LogP) is 2.14. The van der Waals surface area contributed by atoms with Crippen LogP contribution >= 0.6 is 15.9 Å². The zero-order valence-electron chi connectivity index (χ0n) is 15.6. The molecule has 1 aliphatic heterocycles. The Morgan fingerprint density at radius 3 is 2.52 bits per heavy atom. The van der Waals surface area contributed by atoms with E-state index in [1.807, 2.05) is 0 Å². The molecule has 0 spiro atoms. The number of rotatable bonds is 4. The molecule has 1 saturated heterocycles. The first-order chi connectivity index (χ1) is 13.6. The molecule has 13 heteroatoms. The van der Waals surface area contributed by atoms with Crippen molar-refractivity contribution in [2.45, 2.75) is 19.6 Å². The second-order valence-corrected chi connectivity index (χ2v) is 7.01. The van der Waals surface area contributed by atoms with Crippen molar-refractivity contribution in [3.8, 4) is 0 Å². The largest absolute Gasteiger partial charge is 0.434 e. The summed E-state index contributed by atoms with van der Waals surface area (Å²) in [6, 6.07) is 0. The van der Waals surface area contributed by atoms with Crippen LogP contribution < -0.4 is 5.32 Å². The molecule has 0 bridgehead atoms. The Hall–Kier alpha value is -2.41. The van der Waals surface area contributed by atoms with E-state index in [0.29, 0.717) is 37.5 Å². The van der Waals surface area contributed by atoms with E-state index in [1.54, 1.807) is 11.8 Å². The standard InChI is InChI=1S/C16H18BrF3N6O3/c1-3-26-12(15(28)25-4-6-29-7-5-25)9(8-21-26)22-14(27)11-10(17)13(16(18,19)20)24(2)23-11/h8H,3-7H2,1-2H3,(H,22,27). The average Bonchev–Trinajstić information content (AvgIpc) is 3.21. The number of halogens is 4. The van der Waals surface area contributed by atoms with Gasteiger partial charge in [-0.05, 0) is 22.9 Å². The summed E-state index contributed by atoms with van der Waals surface area (Å²) < 4.78 is 46.2. The van der Waals surface area contributed by atoms with Crippen LogP contribution in [0.5, 0.6) is 0 Å². The van der Waals surface area contributed by atoms with Gasteiger partial charge < -0.3 is 15.0 Å². The molecule has 0 unspecified atom stereocenters. The van der Waals surface area contributed by atoms with E-state index in [1.165, 1.54) is 10.9 Å². The highest BCUT2D eigenvalue weighted by Gasteiger charge is 2.40. The lowest BCUT2D eigenvalue weighted by Crippen LogP contribution is -2.41. The summed E-state index contributed by atoms with van der Waals surface area (Å²) >= 11 is 2.81. The second-order valence-electron chi connectivity index (χ2n) is 6.21. The van der Waals surface area contributed by atoms with Gasteiger partial charge in [-0.2, -0.15) is 23.4 Å². The zero-order chi connectivity index (χ0) is 21.3. The van der Waals surface area contributed by atoms with Crippen molar-refractivity contribution in [1.29, 1.82) is 0 Å². The lowest BCUT2D eigenvalue weighted by molar-refractivity contribution is -0.144. The molecule has 1 aliphatic rings. The van der Waals surface area contributed by atoms with Gasteiger partial charge in [0, 0.05) is 26.7 Å². The molecule has 0 atom stereocenters. The highest BCUT2D eigenvalue weighted by Crippen LogP contribution is 2.36. The van der Waals surface area contributed by atoms with Gasteiger partial charge in [-0.1, -0.05) is 0 Å². The van der Waals surface area contributed by atoms with Gasteiger partial charge in [-0.25, -0.2) is 0 Å². The first-order valence-electron chi connectivity index (χ1n) is 8.69. The maximum Gasteiger partial charge on any atom is 0.434 e. The molecular formula is C16H18BrF3N6O3. The molecule has 0 saturated carbocycles. The topological polar surface area (TPSA) is 94.3 Å². The van der Waals surface area contributed by atoms with E-state index < -0.39 is 27.9 Å². The van der Waals surface area contributed by atoms with Crippen molar-refractivity contribution >= 4 is 33.4 Å². The van der Waals surface area contributed by atoms with E-state index in [-0.39, 0.29) is 17.3 Å². The van der Waals surface area contributed by atoms with Crippen LogP contribution in [0, 0.1) is 0 Å². The minimum Gasteiger partial charge on any atom is -0.378 e. The number of nitrogens with one attached hydrogen (secondary N) is 1. The maximum atomic E-state index is 13.1. The molecule has 158 valence electrons. The Morgan fingerprint density at radius 1 is 1.31 bits per heavy atom. The van der Waals surface area contributed by atoms with Gasteiger partial charge in [0.15, 0.2) is 11.4 Å². The maximum absolute atomic E-state index is 13.1.